The van der Waals surface area contributed by atoms with Crippen LogP contribution >= 0.6 is 0 Å². The molecule has 0 atom stereocenters. The van der Waals surface area contributed by atoms with Crippen molar-refractivity contribution in [2.75, 3.05) is 7.18 Å². The molecule has 0 aromatic rings. The van der Waals surface area contributed by atoms with E-state index in [1.807, 2.05) is 0 Å². The maximum atomic E-state index is 9.55. The van der Waals surface area contributed by atoms with Gasteiger partial charge in [0.2, 0.25) is 0 Å². The highest BCUT2D eigenvalue weighted by atomic mass is 19.1. The van der Waals surface area contributed by atoms with E-state index in [9.17, 15) is 14.0 Å². The fourth-order valence-corrected chi connectivity index (χ4v) is 0.143. The molecular weight excluding hydrogens is 143 g/mol. The van der Waals surface area contributed by atoms with Crippen LogP contribution in [0.4, 0.5) is 4.39 Å². The monoisotopic (exact) mass is 150 g/mol. The van der Waals surface area contributed by atoms with E-state index in [2.05, 4.69) is 0 Å². The molecule has 0 aromatic carbocycles. The Morgan fingerprint density at radius 1 is 1.10 bits per heavy atom. The normalized spacial score (nSPS) is 8.20. The summed E-state index contributed by atoms with van der Waals surface area (Å²) in [5.74, 6) is -2.51. The highest BCUT2D eigenvalue weighted by molar-refractivity contribution is 5.89. The van der Waals surface area contributed by atoms with E-state index in [1.54, 1.807) is 0 Å². The molecule has 0 saturated carbocycles. The van der Waals surface area contributed by atoms with Gasteiger partial charge in [0, 0.05) is 12.2 Å². The maximum Gasteiger partial charge on any atom is 0.328 e. The molecule has 0 aromatic heterocycles. The lowest BCUT2D eigenvalue weighted by Crippen LogP contribution is -1.91. The van der Waals surface area contributed by atoms with Gasteiger partial charge in [0.15, 0.2) is 0 Å². The van der Waals surface area contributed by atoms with Crippen molar-refractivity contribution in [2.24, 2.45) is 0 Å². The Labute approximate surface area is 56.6 Å². The van der Waals surface area contributed by atoms with Crippen LogP contribution in [0.5, 0.6) is 0 Å². The van der Waals surface area contributed by atoms with Gasteiger partial charge in [-0.15, -0.1) is 0 Å². The second-order valence-corrected chi connectivity index (χ2v) is 1.01. The number of halogens is 1. The highest BCUT2D eigenvalue weighted by Crippen LogP contribution is 1.70. The molecule has 58 valence electrons. The van der Waals surface area contributed by atoms with Gasteiger partial charge in [0.1, 0.15) is 0 Å². The van der Waals surface area contributed by atoms with Crippen LogP contribution in [0.2, 0.25) is 0 Å². The summed E-state index contributed by atoms with van der Waals surface area (Å²) in [7, 11) is 0.500. The van der Waals surface area contributed by atoms with E-state index >= 15 is 0 Å². The SMILES string of the molecule is CF.O=C(O)/C=C\C(=O)O. The topological polar surface area (TPSA) is 74.6 Å². The molecule has 4 nitrogen and oxygen atoms in total. The van der Waals surface area contributed by atoms with Gasteiger partial charge in [0.25, 0.3) is 0 Å². The number of carboxylic acids is 2. The van der Waals surface area contributed by atoms with Crippen molar-refractivity contribution in [3.05, 3.63) is 12.2 Å². The van der Waals surface area contributed by atoms with E-state index in [0.29, 0.717) is 19.3 Å². The summed E-state index contributed by atoms with van der Waals surface area (Å²) in [6, 6.07) is 0. The lowest BCUT2D eigenvalue weighted by atomic mass is 10.5. The average molecular weight is 150 g/mol. The van der Waals surface area contributed by atoms with Crippen LogP contribution in [-0.2, 0) is 9.59 Å². The third-order valence-electron chi connectivity index (χ3n) is 0.368. The summed E-state index contributed by atoms with van der Waals surface area (Å²) in [6.45, 7) is 0. The van der Waals surface area contributed by atoms with Crippen molar-refractivity contribution in [1.82, 2.24) is 0 Å². The van der Waals surface area contributed by atoms with Crippen molar-refractivity contribution < 1.29 is 24.2 Å². The number of alkyl halides is 1. The standard InChI is InChI=1S/C4H4O4.CH3F/c5-3(6)1-2-4(7)8;1-2/h1-2H,(H,5,6)(H,7,8);1H3/b2-1-;. The van der Waals surface area contributed by atoms with Crippen LogP contribution in [0.15, 0.2) is 12.2 Å². The van der Waals surface area contributed by atoms with Gasteiger partial charge in [-0.3, -0.25) is 4.39 Å². The minimum absolute atomic E-state index is 0.500. The van der Waals surface area contributed by atoms with Crippen LogP contribution < -0.4 is 0 Å². The zero-order valence-corrected chi connectivity index (χ0v) is 5.24. The number of rotatable bonds is 2. The quantitative estimate of drug-likeness (QED) is 0.555. The zero-order valence-electron chi connectivity index (χ0n) is 5.24. The van der Waals surface area contributed by atoms with E-state index in [-0.39, 0.29) is 0 Å². The van der Waals surface area contributed by atoms with Gasteiger partial charge in [0.05, 0.1) is 7.18 Å². The van der Waals surface area contributed by atoms with Gasteiger partial charge in [-0.25, -0.2) is 9.59 Å². The molecule has 0 rings (SSSR count). The lowest BCUT2D eigenvalue weighted by Gasteiger charge is -1.74. The predicted molar refractivity (Wildman–Crippen MR) is 31.4 cm³/mol. The maximum absolute atomic E-state index is 9.55. The van der Waals surface area contributed by atoms with E-state index in [1.165, 1.54) is 0 Å². The van der Waals surface area contributed by atoms with Crippen LogP contribution in [-0.4, -0.2) is 29.3 Å². The molecule has 0 aliphatic carbocycles. The second-order valence-electron chi connectivity index (χ2n) is 1.01. The molecule has 2 N–H and O–H groups in total. The predicted octanol–water partition coefficient (Wildman–Crippen LogP) is 0.298. The van der Waals surface area contributed by atoms with Crippen molar-refractivity contribution in [3.63, 3.8) is 0 Å². The van der Waals surface area contributed by atoms with Crippen LogP contribution in [0, 0.1) is 0 Å². The number of carboxylic acid groups (broad SMARTS) is 2. The number of hydrogen-bond donors (Lipinski definition) is 2. The Kier molecular flexibility index (Phi) is 8.68. The molecule has 0 aliphatic rings. The zero-order chi connectivity index (χ0) is 8.57. The summed E-state index contributed by atoms with van der Waals surface area (Å²) in [4.78, 5) is 19.1. The fourth-order valence-electron chi connectivity index (χ4n) is 0.143. The van der Waals surface area contributed by atoms with Gasteiger partial charge in [-0.1, -0.05) is 0 Å². The first-order valence-electron chi connectivity index (χ1n) is 2.14. The molecule has 0 spiro atoms. The van der Waals surface area contributed by atoms with Gasteiger partial charge in [-0.05, 0) is 0 Å². The summed E-state index contributed by atoms with van der Waals surface area (Å²) in [6.07, 6.45) is 1.12. The number of hydrogen-bond acceptors (Lipinski definition) is 2. The summed E-state index contributed by atoms with van der Waals surface area (Å²) < 4.78 is 9.50. The molecule has 0 fully saturated rings. The minimum Gasteiger partial charge on any atom is -0.478 e. The summed E-state index contributed by atoms with van der Waals surface area (Å²) in [5.41, 5.74) is 0. The largest absolute Gasteiger partial charge is 0.478 e. The first-order valence-corrected chi connectivity index (χ1v) is 2.14. The van der Waals surface area contributed by atoms with Crippen LogP contribution in [0.3, 0.4) is 0 Å². The third-order valence-corrected chi connectivity index (χ3v) is 0.368. The highest BCUT2D eigenvalue weighted by Gasteiger charge is 1.88. The Bertz CT molecular complexity index is 125. The van der Waals surface area contributed by atoms with Crippen molar-refractivity contribution in [1.29, 1.82) is 0 Å². The molecule has 0 radical (unpaired) electrons. The Morgan fingerprint density at radius 3 is 1.40 bits per heavy atom. The van der Waals surface area contributed by atoms with Crippen molar-refractivity contribution in [2.45, 2.75) is 0 Å². The molecular formula is C5H7FO4. The Hall–Kier alpha value is -1.39. The van der Waals surface area contributed by atoms with Gasteiger partial charge >= 0.3 is 11.9 Å². The third kappa shape index (κ3) is 16.0. The van der Waals surface area contributed by atoms with E-state index < -0.39 is 11.9 Å². The Morgan fingerprint density at radius 2 is 1.30 bits per heavy atom. The fraction of sp³-hybridized carbons (Fsp3) is 0.200. The van der Waals surface area contributed by atoms with Crippen LogP contribution in [0.25, 0.3) is 0 Å². The molecule has 0 aliphatic heterocycles. The smallest absolute Gasteiger partial charge is 0.328 e. The molecule has 0 bridgehead atoms. The Balaban J connectivity index is 0. The number of carbonyl (C=O) groups is 2. The molecule has 0 amide bonds. The molecule has 10 heavy (non-hydrogen) atoms. The van der Waals surface area contributed by atoms with Crippen molar-refractivity contribution in [3.8, 4) is 0 Å². The molecule has 0 saturated heterocycles. The summed E-state index contributed by atoms with van der Waals surface area (Å²) in [5, 5.41) is 15.6. The second kappa shape index (κ2) is 7.61. The lowest BCUT2D eigenvalue weighted by molar-refractivity contribution is -0.134. The van der Waals surface area contributed by atoms with Crippen LogP contribution in [0.1, 0.15) is 0 Å². The van der Waals surface area contributed by atoms with Gasteiger partial charge < -0.3 is 10.2 Å². The minimum atomic E-state index is -1.26. The first-order chi connectivity index (χ1) is 4.63. The molecule has 5 heteroatoms. The molecule has 0 heterocycles. The average Bonchev–Trinajstić information content (AvgIpc) is 1.89. The van der Waals surface area contributed by atoms with E-state index in [0.717, 1.165) is 0 Å². The number of aliphatic carboxylic acids is 2. The first kappa shape index (κ1) is 11.4. The summed E-state index contributed by atoms with van der Waals surface area (Å²) >= 11 is 0. The van der Waals surface area contributed by atoms with E-state index in [4.69, 9.17) is 10.2 Å². The van der Waals surface area contributed by atoms with Crippen molar-refractivity contribution >= 4 is 11.9 Å². The molecule has 0 unspecified atom stereocenters. The van der Waals surface area contributed by atoms with Gasteiger partial charge in [-0.2, -0.15) is 0 Å².